The van der Waals surface area contributed by atoms with Crippen LogP contribution in [0.15, 0.2) is 35.2 Å². The first kappa shape index (κ1) is 18.6. The third-order valence-corrected chi connectivity index (χ3v) is 5.63. The maximum Gasteiger partial charge on any atom is 0.225 e. The van der Waals surface area contributed by atoms with Gasteiger partial charge in [0.05, 0.1) is 4.90 Å². The zero-order chi connectivity index (χ0) is 16.3. The van der Waals surface area contributed by atoms with Crippen LogP contribution in [0.1, 0.15) is 20.3 Å². The Hall–Kier alpha value is -0.490. The van der Waals surface area contributed by atoms with Gasteiger partial charge in [-0.05, 0) is 18.1 Å². The van der Waals surface area contributed by atoms with Crippen molar-refractivity contribution in [2.45, 2.75) is 34.3 Å². The normalized spacial score (nSPS) is 14.0. The lowest BCUT2D eigenvalue weighted by molar-refractivity contribution is -0.122. The predicted octanol–water partition coefficient (Wildman–Crippen LogP) is 3.32. The van der Waals surface area contributed by atoms with Gasteiger partial charge in [0.15, 0.2) is 5.37 Å². The Morgan fingerprint density at radius 3 is 2.14 bits per heavy atom. The van der Waals surface area contributed by atoms with Crippen LogP contribution in [-0.4, -0.2) is 23.5 Å². The van der Waals surface area contributed by atoms with Crippen LogP contribution in [0.25, 0.3) is 0 Å². The molecule has 118 valence electrons. The Labute approximate surface area is 139 Å². The van der Waals surface area contributed by atoms with E-state index < -0.39 is 24.9 Å². The third kappa shape index (κ3) is 5.33. The number of nitrogens with one attached hydrogen (secondary N) is 1. The Bertz CT molecular complexity index is 582. The third-order valence-electron chi connectivity index (χ3n) is 2.57. The fourth-order valence-electron chi connectivity index (χ4n) is 1.66. The minimum atomic E-state index is -4.02. The highest BCUT2D eigenvalue weighted by atomic mass is 35.6. The van der Waals surface area contributed by atoms with Crippen LogP contribution in [0, 0.1) is 5.92 Å². The van der Waals surface area contributed by atoms with Crippen molar-refractivity contribution < 1.29 is 13.2 Å². The van der Waals surface area contributed by atoms with Crippen LogP contribution < -0.4 is 5.32 Å². The maximum absolute atomic E-state index is 12.5. The second-order valence-electron chi connectivity index (χ2n) is 4.95. The molecule has 0 bridgehead atoms. The van der Waals surface area contributed by atoms with Gasteiger partial charge in [-0.1, -0.05) is 66.8 Å². The molecule has 1 rings (SSSR count). The molecule has 0 heterocycles. The molecule has 0 fully saturated rings. The zero-order valence-electron chi connectivity index (χ0n) is 11.5. The summed E-state index contributed by atoms with van der Waals surface area (Å²) in [4.78, 5) is 11.8. The SMILES string of the molecule is CC(C)CC(=O)N[C@H](C(Cl)(Cl)Cl)S(=O)(=O)c1ccccc1. The number of hydrogen-bond donors (Lipinski definition) is 1. The van der Waals surface area contributed by atoms with Crippen molar-refractivity contribution in [3.63, 3.8) is 0 Å². The quantitative estimate of drug-likeness (QED) is 0.806. The van der Waals surface area contributed by atoms with Crippen LogP contribution in [0.3, 0.4) is 0 Å². The second-order valence-corrected chi connectivity index (χ2v) is 9.35. The molecule has 0 unspecified atom stereocenters. The van der Waals surface area contributed by atoms with Crippen molar-refractivity contribution >= 4 is 50.5 Å². The van der Waals surface area contributed by atoms with Gasteiger partial charge in [0.2, 0.25) is 19.5 Å². The fourth-order valence-corrected chi connectivity index (χ4v) is 4.32. The second kappa shape index (κ2) is 7.18. The lowest BCUT2D eigenvalue weighted by atomic mass is 10.1. The van der Waals surface area contributed by atoms with Gasteiger partial charge in [0, 0.05) is 6.42 Å². The highest BCUT2D eigenvalue weighted by Gasteiger charge is 2.44. The molecule has 1 N–H and O–H groups in total. The fraction of sp³-hybridized carbons (Fsp3) is 0.462. The van der Waals surface area contributed by atoms with Crippen LogP contribution in [0.5, 0.6) is 0 Å². The highest BCUT2D eigenvalue weighted by Crippen LogP contribution is 2.35. The topological polar surface area (TPSA) is 63.2 Å². The number of carbonyl (C=O) groups excluding carboxylic acids is 1. The number of alkyl halides is 3. The molecule has 1 amide bonds. The number of halogens is 3. The molecule has 0 radical (unpaired) electrons. The van der Waals surface area contributed by atoms with Gasteiger partial charge >= 0.3 is 0 Å². The van der Waals surface area contributed by atoms with Crippen LogP contribution >= 0.6 is 34.8 Å². The van der Waals surface area contributed by atoms with Crippen molar-refractivity contribution in [2.75, 3.05) is 0 Å². The minimum absolute atomic E-state index is 0.0221. The number of hydrogen-bond acceptors (Lipinski definition) is 3. The molecule has 0 aliphatic carbocycles. The van der Waals surface area contributed by atoms with E-state index in [0.717, 1.165) is 0 Å². The Morgan fingerprint density at radius 2 is 1.71 bits per heavy atom. The minimum Gasteiger partial charge on any atom is -0.336 e. The van der Waals surface area contributed by atoms with Gasteiger partial charge in [-0.25, -0.2) is 8.42 Å². The summed E-state index contributed by atoms with van der Waals surface area (Å²) >= 11 is 17.3. The van der Waals surface area contributed by atoms with E-state index in [9.17, 15) is 13.2 Å². The van der Waals surface area contributed by atoms with Crippen LogP contribution in [0.4, 0.5) is 0 Å². The van der Waals surface area contributed by atoms with E-state index in [4.69, 9.17) is 34.8 Å². The molecule has 1 atom stereocenters. The van der Waals surface area contributed by atoms with E-state index in [1.165, 1.54) is 12.1 Å². The first-order valence-corrected chi connectivity index (χ1v) is 8.88. The van der Waals surface area contributed by atoms with Crippen LogP contribution in [0.2, 0.25) is 0 Å². The lowest BCUT2D eigenvalue weighted by Gasteiger charge is -2.25. The number of benzene rings is 1. The summed E-state index contributed by atoms with van der Waals surface area (Å²) in [6.07, 6.45) is 0.140. The van der Waals surface area contributed by atoms with Crippen molar-refractivity contribution in [1.82, 2.24) is 5.32 Å². The monoisotopic (exact) mass is 371 g/mol. The smallest absolute Gasteiger partial charge is 0.225 e. The molecule has 0 aliphatic heterocycles. The Morgan fingerprint density at radius 1 is 1.19 bits per heavy atom. The molecule has 0 saturated carbocycles. The summed E-state index contributed by atoms with van der Waals surface area (Å²) in [7, 11) is -4.02. The van der Waals surface area contributed by atoms with Crippen molar-refractivity contribution in [3.8, 4) is 0 Å². The van der Waals surface area contributed by atoms with E-state index in [-0.39, 0.29) is 17.2 Å². The molecular formula is C13H16Cl3NO3S. The van der Waals surface area contributed by atoms with Gasteiger partial charge in [0.25, 0.3) is 0 Å². The molecule has 0 spiro atoms. The van der Waals surface area contributed by atoms with Gasteiger partial charge in [-0.15, -0.1) is 0 Å². The number of amides is 1. The molecule has 21 heavy (non-hydrogen) atoms. The van der Waals surface area contributed by atoms with Crippen molar-refractivity contribution in [2.24, 2.45) is 5.92 Å². The Balaban J connectivity index is 3.12. The average molecular weight is 373 g/mol. The summed E-state index contributed by atoms with van der Waals surface area (Å²) in [6.45, 7) is 3.66. The van der Waals surface area contributed by atoms with Gasteiger partial charge in [-0.2, -0.15) is 0 Å². The van der Waals surface area contributed by atoms with E-state index in [0.29, 0.717) is 0 Å². The van der Waals surface area contributed by atoms with Crippen molar-refractivity contribution in [1.29, 1.82) is 0 Å². The molecule has 1 aromatic carbocycles. The first-order valence-electron chi connectivity index (χ1n) is 6.20. The van der Waals surface area contributed by atoms with E-state index in [1.54, 1.807) is 18.2 Å². The molecule has 0 aromatic heterocycles. The summed E-state index contributed by atoms with van der Waals surface area (Å²) in [5.41, 5.74) is 0. The van der Waals surface area contributed by atoms with Gasteiger partial charge in [0.1, 0.15) is 0 Å². The van der Waals surface area contributed by atoms with Gasteiger partial charge in [-0.3, -0.25) is 4.79 Å². The number of carbonyl (C=O) groups is 1. The molecule has 4 nitrogen and oxygen atoms in total. The molecule has 0 saturated heterocycles. The molecular weight excluding hydrogens is 357 g/mol. The Kier molecular flexibility index (Phi) is 6.35. The number of rotatable bonds is 5. The summed E-state index contributed by atoms with van der Waals surface area (Å²) in [6, 6.07) is 7.54. The highest BCUT2D eigenvalue weighted by molar-refractivity contribution is 7.92. The predicted molar refractivity (Wildman–Crippen MR) is 85.3 cm³/mol. The largest absolute Gasteiger partial charge is 0.336 e. The molecule has 8 heteroatoms. The lowest BCUT2D eigenvalue weighted by Crippen LogP contribution is -2.49. The summed E-state index contributed by atoms with van der Waals surface area (Å²) in [5, 5.41) is 0.655. The average Bonchev–Trinajstić information content (AvgIpc) is 2.34. The number of sulfone groups is 1. The maximum atomic E-state index is 12.5. The molecule has 0 aliphatic rings. The van der Waals surface area contributed by atoms with E-state index in [1.807, 2.05) is 13.8 Å². The molecule has 1 aromatic rings. The van der Waals surface area contributed by atoms with Gasteiger partial charge < -0.3 is 5.32 Å². The zero-order valence-corrected chi connectivity index (χ0v) is 14.6. The van der Waals surface area contributed by atoms with E-state index >= 15 is 0 Å². The van der Waals surface area contributed by atoms with Crippen LogP contribution in [-0.2, 0) is 14.6 Å². The summed E-state index contributed by atoms with van der Waals surface area (Å²) in [5.74, 6) is -0.429. The summed E-state index contributed by atoms with van der Waals surface area (Å²) < 4.78 is 22.9. The standard InChI is InChI=1S/C13H16Cl3NO3S/c1-9(2)8-11(18)17-12(13(14,15)16)21(19,20)10-6-4-3-5-7-10/h3-7,9,12H,8H2,1-2H3,(H,17,18)/t12-/m0/s1. The van der Waals surface area contributed by atoms with Crippen molar-refractivity contribution in [3.05, 3.63) is 30.3 Å². The first-order chi connectivity index (χ1) is 9.55. The van der Waals surface area contributed by atoms with E-state index in [2.05, 4.69) is 5.32 Å².